The molecule has 1 fully saturated rings. The van der Waals surface area contributed by atoms with Crippen molar-refractivity contribution in [3.05, 3.63) is 28.8 Å². The minimum atomic E-state index is -3.90. The molecule has 2 N–H and O–H groups in total. The number of ether oxygens (including phenoxy) is 2. The predicted octanol–water partition coefficient (Wildman–Crippen LogP) is 1.42. The number of nitrogens with one attached hydrogen (secondary N) is 2. The molecule has 7 nitrogen and oxygen atoms in total. The second-order valence-corrected chi connectivity index (χ2v) is 8.31. The van der Waals surface area contributed by atoms with Crippen molar-refractivity contribution in [1.82, 2.24) is 10.0 Å². The van der Waals surface area contributed by atoms with E-state index in [2.05, 4.69) is 14.8 Å². The van der Waals surface area contributed by atoms with Crippen molar-refractivity contribution in [3.63, 3.8) is 0 Å². The molecule has 1 heterocycles. The van der Waals surface area contributed by atoms with Crippen molar-refractivity contribution >= 4 is 27.6 Å². The average Bonchev–Trinajstić information content (AvgIpc) is 2.60. The first-order chi connectivity index (χ1) is 11.8. The number of benzene rings is 1. The van der Waals surface area contributed by atoms with E-state index in [0.29, 0.717) is 6.61 Å². The van der Waals surface area contributed by atoms with Crippen LogP contribution in [-0.4, -0.2) is 54.8 Å². The number of hydrogen-bond acceptors (Lipinski definition) is 6. The van der Waals surface area contributed by atoms with E-state index in [-0.39, 0.29) is 27.4 Å². The van der Waals surface area contributed by atoms with E-state index in [4.69, 9.17) is 16.3 Å². The van der Waals surface area contributed by atoms with Gasteiger partial charge < -0.3 is 14.8 Å². The summed E-state index contributed by atoms with van der Waals surface area (Å²) >= 11 is 5.88. The number of sulfonamides is 1. The Morgan fingerprint density at radius 1 is 1.32 bits per heavy atom. The van der Waals surface area contributed by atoms with Gasteiger partial charge in [-0.15, -0.1) is 0 Å². The summed E-state index contributed by atoms with van der Waals surface area (Å²) in [6.07, 6.45) is 1.60. The molecule has 0 aliphatic carbocycles. The molecule has 0 amide bonds. The summed E-state index contributed by atoms with van der Waals surface area (Å²) in [5.41, 5.74) is -0.362. The third-order valence-corrected chi connectivity index (χ3v) is 6.08. The molecule has 1 aliphatic rings. The summed E-state index contributed by atoms with van der Waals surface area (Å²) in [6.45, 7) is 2.30. The number of carbonyl (C=O) groups is 1. The highest BCUT2D eigenvalue weighted by atomic mass is 35.5. The zero-order valence-corrected chi connectivity index (χ0v) is 15.9. The Hall–Kier alpha value is -1.19. The van der Waals surface area contributed by atoms with Gasteiger partial charge in [-0.3, -0.25) is 0 Å². The molecule has 0 aromatic heterocycles. The van der Waals surface area contributed by atoms with Gasteiger partial charge in [-0.05, 0) is 44.1 Å². The van der Waals surface area contributed by atoms with Crippen LogP contribution in [0.4, 0.5) is 0 Å². The Balaban J connectivity index is 2.25. The van der Waals surface area contributed by atoms with Crippen molar-refractivity contribution in [2.24, 2.45) is 5.41 Å². The van der Waals surface area contributed by atoms with Gasteiger partial charge in [0, 0.05) is 24.1 Å². The predicted molar refractivity (Wildman–Crippen MR) is 94.4 cm³/mol. The molecule has 1 aromatic carbocycles. The fourth-order valence-electron chi connectivity index (χ4n) is 2.97. The summed E-state index contributed by atoms with van der Waals surface area (Å²) in [5, 5.41) is 3.51. The molecule has 1 aliphatic heterocycles. The molecule has 0 atom stereocenters. The summed E-state index contributed by atoms with van der Waals surface area (Å²) in [5.74, 6) is -0.753. The van der Waals surface area contributed by atoms with Crippen LogP contribution in [0.15, 0.2) is 23.1 Å². The molecule has 0 unspecified atom stereocenters. The number of carbonyl (C=O) groups excluding carboxylic acids is 1. The van der Waals surface area contributed by atoms with Gasteiger partial charge in [0.1, 0.15) is 0 Å². The largest absolute Gasteiger partial charge is 0.465 e. The third kappa shape index (κ3) is 4.92. The van der Waals surface area contributed by atoms with Crippen LogP contribution >= 0.6 is 11.6 Å². The quantitative estimate of drug-likeness (QED) is 0.684. The minimum Gasteiger partial charge on any atom is -0.465 e. The van der Waals surface area contributed by atoms with E-state index in [1.54, 1.807) is 7.11 Å². The SMILES string of the molecule is COCC1(CNS(=O)(=O)c2ccc(Cl)cc2C(=O)OC)CCNCC1. The van der Waals surface area contributed by atoms with Gasteiger partial charge >= 0.3 is 5.97 Å². The molecule has 140 valence electrons. The lowest BCUT2D eigenvalue weighted by Crippen LogP contribution is -2.47. The number of esters is 1. The van der Waals surface area contributed by atoms with Crippen molar-refractivity contribution in [3.8, 4) is 0 Å². The Kier molecular flexibility index (Phi) is 6.81. The first kappa shape index (κ1) is 20.1. The van der Waals surface area contributed by atoms with E-state index in [9.17, 15) is 13.2 Å². The Bertz CT molecular complexity index is 712. The molecule has 9 heteroatoms. The van der Waals surface area contributed by atoms with Crippen molar-refractivity contribution < 1.29 is 22.7 Å². The minimum absolute atomic E-state index is 0.0893. The van der Waals surface area contributed by atoms with Crippen molar-refractivity contribution in [2.75, 3.05) is 40.5 Å². The third-order valence-electron chi connectivity index (χ3n) is 4.39. The molecule has 25 heavy (non-hydrogen) atoms. The molecule has 0 saturated carbocycles. The van der Waals surface area contributed by atoms with Crippen LogP contribution in [0.3, 0.4) is 0 Å². The van der Waals surface area contributed by atoms with E-state index in [1.165, 1.54) is 25.3 Å². The topological polar surface area (TPSA) is 93.7 Å². The van der Waals surface area contributed by atoms with Gasteiger partial charge in [-0.2, -0.15) is 0 Å². The van der Waals surface area contributed by atoms with E-state index < -0.39 is 16.0 Å². The summed E-state index contributed by atoms with van der Waals surface area (Å²) in [6, 6.07) is 4.03. The summed E-state index contributed by atoms with van der Waals surface area (Å²) in [7, 11) is -1.11. The monoisotopic (exact) mass is 390 g/mol. The maximum atomic E-state index is 12.8. The molecule has 2 rings (SSSR count). The van der Waals surface area contributed by atoms with Crippen LogP contribution in [0.25, 0.3) is 0 Å². The number of rotatable bonds is 7. The molecular formula is C16H23ClN2O5S. The fourth-order valence-corrected chi connectivity index (χ4v) is 4.47. The van der Waals surface area contributed by atoms with Crippen molar-refractivity contribution in [1.29, 1.82) is 0 Å². The van der Waals surface area contributed by atoms with Crippen LogP contribution in [0.1, 0.15) is 23.2 Å². The molecule has 0 radical (unpaired) electrons. The van der Waals surface area contributed by atoms with E-state index in [1.807, 2.05) is 0 Å². The van der Waals surface area contributed by atoms with Gasteiger partial charge in [0.25, 0.3) is 0 Å². The van der Waals surface area contributed by atoms with Crippen LogP contribution in [-0.2, 0) is 19.5 Å². The van der Waals surface area contributed by atoms with Gasteiger partial charge in [-0.25, -0.2) is 17.9 Å². The standard InChI is InChI=1S/C16H23ClN2O5S/c1-23-11-16(5-7-18-8-6-16)10-19-25(21,22)14-4-3-12(17)9-13(14)15(20)24-2/h3-4,9,18-19H,5-8,10-11H2,1-2H3. The van der Waals surface area contributed by atoms with Gasteiger partial charge in [-0.1, -0.05) is 11.6 Å². The van der Waals surface area contributed by atoms with E-state index >= 15 is 0 Å². The van der Waals surface area contributed by atoms with Gasteiger partial charge in [0.05, 0.1) is 24.2 Å². The average molecular weight is 391 g/mol. The lowest BCUT2D eigenvalue weighted by Gasteiger charge is -2.37. The zero-order valence-electron chi connectivity index (χ0n) is 14.3. The maximum Gasteiger partial charge on any atom is 0.339 e. The number of methoxy groups -OCH3 is 2. The first-order valence-electron chi connectivity index (χ1n) is 7.91. The number of halogens is 1. The van der Waals surface area contributed by atoms with Gasteiger partial charge in [0.15, 0.2) is 0 Å². The summed E-state index contributed by atoms with van der Waals surface area (Å²) < 4.78 is 38.1. The van der Waals surface area contributed by atoms with Gasteiger partial charge in [0.2, 0.25) is 10.0 Å². The van der Waals surface area contributed by atoms with Crippen LogP contribution in [0.2, 0.25) is 5.02 Å². The Morgan fingerprint density at radius 3 is 2.60 bits per heavy atom. The molecule has 1 saturated heterocycles. The molecular weight excluding hydrogens is 368 g/mol. The highest BCUT2D eigenvalue weighted by Crippen LogP contribution is 2.29. The number of hydrogen-bond donors (Lipinski definition) is 2. The smallest absolute Gasteiger partial charge is 0.339 e. The summed E-state index contributed by atoms with van der Waals surface area (Å²) in [4.78, 5) is 11.8. The van der Waals surface area contributed by atoms with Crippen molar-refractivity contribution in [2.45, 2.75) is 17.7 Å². The number of piperidine rings is 1. The second kappa shape index (κ2) is 8.46. The van der Waals surface area contributed by atoms with Crippen LogP contribution in [0.5, 0.6) is 0 Å². The molecule has 0 bridgehead atoms. The normalized spacial score (nSPS) is 17.2. The molecule has 1 aromatic rings. The first-order valence-corrected chi connectivity index (χ1v) is 9.77. The lowest BCUT2D eigenvalue weighted by atomic mass is 9.80. The second-order valence-electron chi connectivity index (χ2n) is 6.14. The van der Waals surface area contributed by atoms with Crippen LogP contribution < -0.4 is 10.0 Å². The van der Waals surface area contributed by atoms with Crippen LogP contribution in [0, 0.1) is 5.41 Å². The highest BCUT2D eigenvalue weighted by molar-refractivity contribution is 7.89. The molecule has 0 spiro atoms. The maximum absolute atomic E-state index is 12.8. The Labute approximate surface area is 153 Å². The highest BCUT2D eigenvalue weighted by Gasteiger charge is 2.34. The van der Waals surface area contributed by atoms with E-state index in [0.717, 1.165) is 25.9 Å². The zero-order chi connectivity index (χ0) is 18.5. The lowest BCUT2D eigenvalue weighted by molar-refractivity contribution is 0.0576. The fraction of sp³-hybridized carbons (Fsp3) is 0.562. The Morgan fingerprint density at radius 2 is 2.00 bits per heavy atom.